The molecule has 4 rings (SSSR count). The molecule has 0 bridgehead atoms. The molecule has 2 aliphatic heterocycles. The van der Waals surface area contributed by atoms with Crippen molar-refractivity contribution >= 4 is 15.7 Å². The van der Waals surface area contributed by atoms with Crippen molar-refractivity contribution in [1.82, 2.24) is 19.8 Å². The number of amides is 1. The number of piperazine rings is 1. The number of hydrogen-bond acceptors (Lipinski definition) is 6. The predicted octanol–water partition coefficient (Wildman–Crippen LogP) is 0.395. The lowest BCUT2D eigenvalue weighted by atomic mass is 9.83. The van der Waals surface area contributed by atoms with E-state index in [1.807, 2.05) is 11.8 Å². The van der Waals surface area contributed by atoms with Crippen LogP contribution in [-0.2, 0) is 21.2 Å². The van der Waals surface area contributed by atoms with E-state index in [0.29, 0.717) is 19.6 Å². The molecule has 8 heteroatoms. The lowest BCUT2D eigenvalue weighted by Crippen LogP contribution is -2.61. The minimum Gasteiger partial charge on any atom is -0.336 e. The van der Waals surface area contributed by atoms with Crippen LogP contribution in [0.4, 0.5) is 0 Å². The Hall–Kier alpha value is -1.54. The minimum absolute atomic E-state index is 0.0943. The highest BCUT2D eigenvalue weighted by atomic mass is 32.2. The average Bonchev–Trinajstić information content (AvgIpc) is 2.83. The molecule has 3 heterocycles. The molecule has 0 N–H and O–H groups in total. The van der Waals surface area contributed by atoms with Crippen molar-refractivity contribution in [2.45, 2.75) is 44.8 Å². The largest absolute Gasteiger partial charge is 0.336 e. The molecule has 1 amide bonds. The number of rotatable bonds is 3. The van der Waals surface area contributed by atoms with Gasteiger partial charge in [-0.25, -0.2) is 18.4 Å². The third-order valence-corrected chi connectivity index (χ3v) is 7.45. The van der Waals surface area contributed by atoms with Crippen LogP contribution in [0, 0.1) is 12.8 Å². The molecule has 3 fully saturated rings. The topological polar surface area (TPSA) is 83.5 Å². The average molecular weight is 364 g/mol. The van der Waals surface area contributed by atoms with E-state index >= 15 is 0 Å². The second kappa shape index (κ2) is 6.32. The molecule has 1 saturated carbocycles. The molecule has 1 aromatic rings. The maximum atomic E-state index is 12.7. The van der Waals surface area contributed by atoms with E-state index in [0.717, 1.165) is 30.7 Å². The van der Waals surface area contributed by atoms with Gasteiger partial charge in [-0.1, -0.05) is 6.42 Å². The van der Waals surface area contributed by atoms with Gasteiger partial charge in [-0.05, 0) is 19.8 Å². The Morgan fingerprint density at radius 2 is 1.84 bits per heavy atom. The zero-order valence-electron chi connectivity index (χ0n) is 14.5. The number of hydrogen-bond donors (Lipinski definition) is 0. The predicted molar refractivity (Wildman–Crippen MR) is 92.5 cm³/mol. The first-order valence-corrected chi connectivity index (χ1v) is 10.8. The van der Waals surface area contributed by atoms with Gasteiger partial charge in [0.05, 0.1) is 17.5 Å². The van der Waals surface area contributed by atoms with Crippen LogP contribution in [-0.4, -0.2) is 70.8 Å². The fourth-order valence-corrected chi connectivity index (χ4v) is 6.13. The van der Waals surface area contributed by atoms with Crippen molar-refractivity contribution in [2.75, 3.05) is 24.6 Å². The number of aromatic nitrogens is 2. The standard InChI is InChI=1S/C17H24N4O3S/c1-12-18-7-13(8-19-12)9-20-5-6-21(17(22)14-3-2-4-14)16-11-25(23,24)10-15(16)20/h7-8,14-16H,2-6,9-11H2,1H3/t15-,16+/m0/s1. The SMILES string of the molecule is Cc1ncc(CN2CCN(C(=O)C3CCC3)[C@@H]3CS(=O)(=O)C[C@@H]32)cn1. The highest BCUT2D eigenvalue weighted by molar-refractivity contribution is 7.91. The second-order valence-corrected chi connectivity index (χ2v) is 9.63. The van der Waals surface area contributed by atoms with E-state index in [9.17, 15) is 13.2 Å². The summed E-state index contributed by atoms with van der Waals surface area (Å²) in [6.45, 7) is 3.78. The van der Waals surface area contributed by atoms with Crippen LogP contribution in [0.5, 0.6) is 0 Å². The molecular weight excluding hydrogens is 340 g/mol. The van der Waals surface area contributed by atoms with Gasteiger partial charge in [-0.2, -0.15) is 0 Å². The lowest BCUT2D eigenvalue weighted by molar-refractivity contribution is -0.144. The third kappa shape index (κ3) is 3.29. The van der Waals surface area contributed by atoms with Crippen molar-refractivity contribution in [1.29, 1.82) is 0 Å². The van der Waals surface area contributed by atoms with Gasteiger partial charge >= 0.3 is 0 Å². The minimum atomic E-state index is -3.11. The summed E-state index contributed by atoms with van der Waals surface area (Å²) in [6, 6.07) is -0.331. The first-order chi connectivity index (χ1) is 11.9. The van der Waals surface area contributed by atoms with Gasteiger partial charge in [0.2, 0.25) is 5.91 Å². The van der Waals surface area contributed by atoms with Gasteiger partial charge in [-0.3, -0.25) is 9.69 Å². The van der Waals surface area contributed by atoms with Gasteiger partial charge in [0.25, 0.3) is 0 Å². The summed E-state index contributed by atoms with van der Waals surface area (Å²) in [6.07, 6.45) is 6.60. The number of sulfone groups is 1. The Morgan fingerprint density at radius 3 is 2.48 bits per heavy atom. The number of fused-ring (bicyclic) bond motifs is 1. The van der Waals surface area contributed by atoms with Crippen LogP contribution in [0.3, 0.4) is 0 Å². The molecule has 1 aromatic heterocycles. The Kier molecular flexibility index (Phi) is 4.27. The zero-order chi connectivity index (χ0) is 17.6. The zero-order valence-corrected chi connectivity index (χ0v) is 15.3. The molecule has 7 nitrogen and oxygen atoms in total. The first-order valence-electron chi connectivity index (χ1n) is 8.95. The van der Waals surface area contributed by atoms with Crippen molar-refractivity contribution in [3.05, 3.63) is 23.8 Å². The molecule has 0 aromatic carbocycles. The second-order valence-electron chi connectivity index (χ2n) is 7.48. The molecule has 136 valence electrons. The maximum absolute atomic E-state index is 12.7. The van der Waals surface area contributed by atoms with E-state index in [4.69, 9.17) is 0 Å². The van der Waals surface area contributed by atoms with E-state index in [1.165, 1.54) is 0 Å². The quantitative estimate of drug-likeness (QED) is 0.772. The number of carbonyl (C=O) groups is 1. The highest BCUT2D eigenvalue weighted by Gasteiger charge is 2.49. The summed E-state index contributed by atoms with van der Waals surface area (Å²) >= 11 is 0. The van der Waals surface area contributed by atoms with Gasteiger partial charge < -0.3 is 4.90 Å². The molecule has 3 aliphatic rings. The lowest BCUT2D eigenvalue weighted by Gasteiger charge is -2.45. The van der Waals surface area contributed by atoms with Gasteiger partial charge in [0.15, 0.2) is 9.84 Å². The summed E-state index contributed by atoms with van der Waals surface area (Å²) in [5.41, 5.74) is 0.979. The van der Waals surface area contributed by atoms with Crippen molar-refractivity contribution in [3.8, 4) is 0 Å². The molecule has 1 aliphatic carbocycles. The fraction of sp³-hybridized carbons (Fsp3) is 0.706. The molecule has 2 atom stereocenters. The monoisotopic (exact) mass is 364 g/mol. The Morgan fingerprint density at radius 1 is 1.16 bits per heavy atom. The maximum Gasteiger partial charge on any atom is 0.226 e. The molecular formula is C17H24N4O3S. The number of nitrogens with zero attached hydrogens (tertiary/aromatic N) is 4. The van der Waals surface area contributed by atoms with Crippen LogP contribution >= 0.6 is 0 Å². The first kappa shape index (κ1) is 16.9. The van der Waals surface area contributed by atoms with Crippen LogP contribution < -0.4 is 0 Å². The molecule has 0 spiro atoms. The van der Waals surface area contributed by atoms with Crippen LogP contribution in [0.2, 0.25) is 0 Å². The van der Waals surface area contributed by atoms with Crippen molar-refractivity contribution < 1.29 is 13.2 Å². The summed E-state index contributed by atoms with van der Waals surface area (Å²) in [5.74, 6) is 1.23. The fourth-order valence-electron chi connectivity index (χ4n) is 4.12. The third-order valence-electron chi connectivity index (χ3n) is 5.75. The summed E-state index contributed by atoms with van der Waals surface area (Å²) in [7, 11) is -3.11. The van der Waals surface area contributed by atoms with E-state index in [1.54, 1.807) is 12.4 Å². The van der Waals surface area contributed by atoms with Crippen molar-refractivity contribution in [3.63, 3.8) is 0 Å². The smallest absolute Gasteiger partial charge is 0.226 e. The molecule has 2 saturated heterocycles. The van der Waals surface area contributed by atoms with E-state index < -0.39 is 9.84 Å². The number of aryl methyl sites for hydroxylation is 1. The van der Waals surface area contributed by atoms with Crippen LogP contribution in [0.25, 0.3) is 0 Å². The normalized spacial score (nSPS) is 29.2. The molecule has 0 unspecified atom stereocenters. The highest BCUT2D eigenvalue weighted by Crippen LogP contribution is 2.33. The van der Waals surface area contributed by atoms with E-state index in [2.05, 4.69) is 14.9 Å². The van der Waals surface area contributed by atoms with Gasteiger partial charge in [0.1, 0.15) is 5.82 Å². The Balaban J connectivity index is 1.53. The molecule has 25 heavy (non-hydrogen) atoms. The van der Waals surface area contributed by atoms with Crippen LogP contribution in [0.1, 0.15) is 30.7 Å². The van der Waals surface area contributed by atoms with Crippen LogP contribution in [0.15, 0.2) is 12.4 Å². The molecule has 0 radical (unpaired) electrons. The van der Waals surface area contributed by atoms with Crippen molar-refractivity contribution in [2.24, 2.45) is 5.92 Å². The van der Waals surface area contributed by atoms with Gasteiger partial charge in [0, 0.05) is 49.6 Å². The summed E-state index contributed by atoms with van der Waals surface area (Å²) < 4.78 is 24.5. The number of carbonyl (C=O) groups excluding carboxylic acids is 1. The van der Waals surface area contributed by atoms with Gasteiger partial charge in [-0.15, -0.1) is 0 Å². The summed E-state index contributed by atoms with van der Waals surface area (Å²) in [4.78, 5) is 25.2. The Bertz CT molecular complexity index is 761. The van der Waals surface area contributed by atoms with E-state index in [-0.39, 0.29) is 35.4 Å². The summed E-state index contributed by atoms with van der Waals surface area (Å²) in [5, 5.41) is 0. The Labute approximate surface area is 148 Å².